The fraction of sp³-hybridized carbons (Fsp3) is 0. The highest BCUT2D eigenvalue weighted by Crippen LogP contribution is 1.75. The second-order valence-corrected chi connectivity index (χ2v) is 1.10. The molecule has 0 bridgehead atoms. The molecule has 2 heteroatoms. The SMILES string of the molecule is C=C(N)C=CC=N. The normalized spacial score (nSPS) is 9.14. The van der Waals surface area contributed by atoms with Gasteiger partial charge in [-0.1, -0.05) is 6.58 Å². The zero-order chi connectivity index (χ0) is 5.70. The molecule has 0 spiro atoms. The zero-order valence-electron chi connectivity index (χ0n) is 4.02. The maximum atomic E-state index is 6.49. The van der Waals surface area contributed by atoms with Crippen molar-refractivity contribution in [3.8, 4) is 0 Å². The molecule has 2 nitrogen and oxygen atoms in total. The molecule has 7 heavy (non-hydrogen) atoms. The lowest BCUT2D eigenvalue weighted by molar-refractivity contribution is 1.46. The summed E-state index contributed by atoms with van der Waals surface area (Å²) in [6.45, 7) is 3.38. The molecule has 3 N–H and O–H groups in total. The van der Waals surface area contributed by atoms with Crippen molar-refractivity contribution in [1.29, 1.82) is 5.41 Å². The van der Waals surface area contributed by atoms with Crippen LogP contribution in [0.5, 0.6) is 0 Å². The van der Waals surface area contributed by atoms with Crippen molar-refractivity contribution >= 4 is 6.21 Å². The lowest BCUT2D eigenvalue weighted by Crippen LogP contribution is -1.87. The number of nitrogens with one attached hydrogen (secondary N) is 1. The van der Waals surface area contributed by atoms with E-state index in [1.807, 2.05) is 0 Å². The second kappa shape index (κ2) is 3.15. The number of hydrogen-bond acceptors (Lipinski definition) is 2. The number of nitrogens with two attached hydrogens (primary N) is 1. The van der Waals surface area contributed by atoms with E-state index in [1.54, 1.807) is 6.08 Å². The van der Waals surface area contributed by atoms with Gasteiger partial charge in [-0.15, -0.1) is 0 Å². The predicted octanol–water partition coefficient (Wildman–Crippen LogP) is 0.665. The lowest BCUT2D eigenvalue weighted by atomic mass is 10.4. The van der Waals surface area contributed by atoms with Crippen molar-refractivity contribution < 1.29 is 0 Å². The molecule has 0 aliphatic carbocycles. The Morgan fingerprint density at radius 3 is 2.43 bits per heavy atom. The minimum atomic E-state index is 0.475. The third-order valence-corrected chi connectivity index (χ3v) is 0.407. The molecule has 0 unspecified atom stereocenters. The Bertz CT molecular complexity index is 103. The van der Waals surface area contributed by atoms with Gasteiger partial charge in [-0.05, 0) is 12.2 Å². The van der Waals surface area contributed by atoms with Crippen molar-refractivity contribution in [2.45, 2.75) is 0 Å². The van der Waals surface area contributed by atoms with Crippen LogP contribution >= 0.6 is 0 Å². The van der Waals surface area contributed by atoms with Crippen molar-refractivity contribution in [3.63, 3.8) is 0 Å². The first-order chi connectivity index (χ1) is 3.27. The van der Waals surface area contributed by atoms with Gasteiger partial charge < -0.3 is 11.1 Å². The van der Waals surface area contributed by atoms with Crippen LogP contribution in [-0.4, -0.2) is 6.21 Å². The van der Waals surface area contributed by atoms with Crippen molar-refractivity contribution in [1.82, 2.24) is 0 Å². The standard InChI is InChI=1S/C5H8N2/c1-5(7)3-2-4-6/h2-4,6H,1,7H2. The van der Waals surface area contributed by atoms with Crippen LogP contribution in [0.4, 0.5) is 0 Å². The van der Waals surface area contributed by atoms with Gasteiger partial charge in [-0.25, -0.2) is 0 Å². The largest absolute Gasteiger partial charge is 0.399 e. The average molecular weight is 96.1 g/mol. The highest BCUT2D eigenvalue weighted by Gasteiger charge is 1.65. The second-order valence-electron chi connectivity index (χ2n) is 1.10. The highest BCUT2D eigenvalue weighted by atomic mass is 14.5. The zero-order valence-corrected chi connectivity index (χ0v) is 4.02. The molecular formula is C5H8N2. The Labute approximate surface area is 42.8 Å². The Balaban J connectivity index is 3.46. The quantitative estimate of drug-likeness (QED) is 0.385. The maximum absolute atomic E-state index is 6.49. The lowest BCUT2D eigenvalue weighted by Gasteiger charge is -1.78. The minimum absolute atomic E-state index is 0.475. The maximum Gasteiger partial charge on any atom is 0.0241 e. The third-order valence-electron chi connectivity index (χ3n) is 0.407. The summed E-state index contributed by atoms with van der Waals surface area (Å²) in [5, 5.41) is 6.49. The van der Waals surface area contributed by atoms with Crippen molar-refractivity contribution in [2.24, 2.45) is 5.73 Å². The van der Waals surface area contributed by atoms with Gasteiger partial charge in [-0.3, -0.25) is 0 Å². The van der Waals surface area contributed by atoms with Crippen molar-refractivity contribution in [3.05, 3.63) is 24.4 Å². The molecule has 0 aliphatic rings. The summed E-state index contributed by atoms with van der Waals surface area (Å²) in [5.41, 5.74) is 5.57. The highest BCUT2D eigenvalue weighted by molar-refractivity contribution is 5.68. The molecule has 0 fully saturated rings. The van der Waals surface area contributed by atoms with E-state index >= 15 is 0 Å². The van der Waals surface area contributed by atoms with E-state index in [-0.39, 0.29) is 0 Å². The molecule has 0 aromatic rings. The van der Waals surface area contributed by atoms with Crippen molar-refractivity contribution in [2.75, 3.05) is 0 Å². The molecule has 0 amide bonds. The van der Waals surface area contributed by atoms with E-state index in [4.69, 9.17) is 11.1 Å². The van der Waals surface area contributed by atoms with Crippen LogP contribution < -0.4 is 5.73 Å². The summed E-state index contributed by atoms with van der Waals surface area (Å²) < 4.78 is 0. The monoisotopic (exact) mass is 96.1 g/mol. The Hall–Kier alpha value is -1.05. The molecule has 0 radical (unpaired) electrons. The van der Waals surface area contributed by atoms with Crippen LogP contribution in [0.3, 0.4) is 0 Å². The van der Waals surface area contributed by atoms with Gasteiger partial charge in [0.25, 0.3) is 0 Å². The van der Waals surface area contributed by atoms with Crippen LogP contribution in [0, 0.1) is 5.41 Å². The fourth-order valence-electron chi connectivity index (χ4n) is 0.172. The van der Waals surface area contributed by atoms with Crippen LogP contribution in [0.1, 0.15) is 0 Å². The molecule has 0 rings (SSSR count). The van der Waals surface area contributed by atoms with Gasteiger partial charge in [0.1, 0.15) is 0 Å². The van der Waals surface area contributed by atoms with E-state index < -0.39 is 0 Å². The summed E-state index contributed by atoms with van der Waals surface area (Å²) in [4.78, 5) is 0. The number of hydrogen-bond donors (Lipinski definition) is 2. The van der Waals surface area contributed by atoms with Crippen LogP contribution in [0.2, 0.25) is 0 Å². The van der Waals surface area contributed by atoms with E-state index in [1.165, 1.54) is 6.08 Å². The topological polar surface area (TPSA) is 49.9 Å². The Kier molecular flexibility index (Phi) is 2.68. The van der Waals surface area contributed by atoms with Gasteiger partial charge in [0.05, 0.1) is 0 Å². The van der Waals surface area contributed by atoms with Crippen LogP contribution in [-0.2, 0) is 0 Å². The first kappa shape index (κ1) is 5.95. The predicted molar refractivity (Wildman–Crippen MR) is 31.3 cm³/mol. The molecule has 0 saturated carbocycles. The first-order valence-electron chi connectivity index (χ1n) is 1.89. The summed E-state index contributed by atoms with van der Waals surface area (Å²) in [5.74, 6) is 0. The Morgan fingerprint density at radius 1 is 1.71 bits per heavy atom. The first-order valence-corrected chi connectivity index (χ1v) is 1.89. The van der Waals surface area contributed by atoms with E-state index in [0.717, 1.165) is 6.21 Å². The van der Waals surface area contributed by atoms with E-state index in [9.17, 15) is 0 Å². The third kappa shape index (κ3) is 4.95. The molecule has 0 aromatic carbocycles. The molecule has 0 saturated heterocycles. The van der Waals surface area contributed by atoms with Gasteiger partial charge in [-0.2, -0.15) is 0 Å². The number of allylic oxidation sites excluding steroid dienone is 2. The van der Waals surface area contributed by atoms with Gasteiger partial charge >= 0.3 is 0 Å². The van der Waals surface area contributed by atoms with Gasteiger partial charge in [0.15, 0.2) is 0 Å². The summed E-state index contributed by atoms with van der Waals surface area (Å²) in [6, 6.07) is 0. The smallest absolute Gasteiger partial charge is 0.0241 e. The summed E-state index contributed by atoms with van der Waals surface area (Å²) in [7, 11) is 0. The summed E-state index contributed by atoms with van der Waals surface area (Å²) >= 11 is 0. The summed E-state index contributed by atoms with van der Waals surface area (Å²) in [6.07, 6.45) is 4.23. The van der Waals surface area contributed by atoms with Gasteiger partial charge in [0, 0.05) is 11.9 Å². The van der Waals surface area contributed by atoms with Crippen LogP contribution in [0.25, 0.3) is 0 Å². The minimum Gasteiger partial charge on any atom is -0.399 e. The van der Waals surface area contributed by atoms with E-state index in [2.05, 4.69) is 6.58 Å². The molecule has 0 aromatic heterocycles. The molecule has 0 heterocycles. The molecule has 38 valence electrons. The van der Waals surface area contributed by atoms with Crippen LogP contribution in [0.15, 0.2) is 24.4 Å². The average Bonchev–Trinajstić information content (AvgIpc) is 1.61. The molecule has 0 aliphatic heterocycles. The molecule has 0 atom stereocenters. The van der Waals surface area contributed by atoms with E-state index in [0.29, 0.717) is 5.70 Å². The fourth-order valence-corrected chi connectivity index (χ4v) is 0.172. The Morgan fingerprint density at radius 2 is 2.29 bits per heavy atom. The number of rotatable bonds is 2. The van der Waals surface area contributed by atoms with Gasteiger partial charge in [0.2, 0.25) is 0 Å². The molecular weight excluding hydrogens is 88.1 g/mol.